The number of hydrogen-bond donors (Lipinski definition) is 8. The molecule has 0 radical (unpaired) electrons. The Hall–Kier alpha value is 0.160. The fraction of sp³-hybridized carbons (Fsp3) is 0.679. The number of nitrogens with one attached hydrogen (secondary N) is 1. The lowest BCUT2D eigenvalue weighted by atomic mass is 9.83. The fourth-order valence-electron chi connectivity index (χ4n) is 4.88. The highest BCUT2D eigenvalue weighted by Gasteiger charge is 2.55. The van der Waals surface area contributed by atoms with Crippen LogP contribution < -0.4 is 14.2 Å². The van der Waals surface area contributed by atoms with Crippen molar-refractivity contribution in [3.05, 3.63) is 29.3 Å². The van der Waals surface area contributed by atoms with Gasteiger partial charge in [0.15, 0.2) is 31.1 Å². The molecule has 1 amide bonds. The SMILES string of the molecule is [2H]B(C)S.[2H]B(C)S.[2H]B(C)S.[2H]B([3H])CSOc1cc(/C=C(\C)C(=O)N[C@H]2[C@@H](OSCB([2H])[3H])[C@@H]3OCO[C@@H]3[C@H](O[3H])[C@H]2O[3H])ccc1O[C@@H]1O[C@H](CO)[C@@H](OSCB([2H])[3H])[C@@H]1O[3H]. The van der Waals surface area contributed by atoms with E-state index in [1.54, 1.807) is 26.5 Å². The Morgan fingerprint density at radius 2 is 1.62 bits per heavy atom. The summed E-state index contributed by atoms with van der Waals surface area (Å²) in [6, 6.07) is 3.49. The predicted molar refractivity (Wildman–Crippen MR) is 240 cm³/mol. The zero-order valence-corrected chi connectivity index (χ0v) is 34.7. The van der Waals surface area contributed by atoms with Gasteiger partial charge >= 0.3 is 0 Å². The first-order chi connectivity index (χ1) is 30.6. The number of aliphatic hydroxyl groups excluding tert-OH is 4. The van der Waals surface area contributed by atoms with Crippen molar-refractivity contribution in [2.24, 2.45) is 0 Å². The van der Waals surface area contributed by atoms with Crippen LogP contribution in [-0.2, 0) is 27.4 Å². The molecule has 0 aromatic heterocycles. The first kappa shape index (κ1) is 34.1. The van der Waals surface area contributed by atoms with Gasteiger partial charge in [0.25, 0.3) is 0 Å². The number of aliphatic hydroxyl groups is 4. The Bertz CT molecular complexity index is 1500. The molecule has 2 saturated heterocycles. The summed E-state index contributed by atoms with van der Waals surface area (Å²) < 4.78 is 127. The molecule has 5 N–H and O–H groups in total. The van der Waals surface area contributed by atoms with Crippen molar-refractivity contribution in [1.29, 1.82) is 16.3 Å². The van der Waals surface area contributed by atoms with Gasteiger partial charge in [0.05, 0.1) is 12.6 Å². The highest BCUT2D eigenvalue weighted by molar-refractivity contribution is 8.07. The third-order valence-corrected chi connectivity index (χ3v) is 8.35. The average molecular weight is 871 g/mol. The van der Waals surface area contributed by atoms with Crippen LogP contribution in [0, 0.1) is 0 Å². The monoisotopic (exact) mass is 871 g/mol. The van der Waals surface area contributed by atoms with Crippen LogP contribution in [0.2, 0.25) is 20.5 Å². The second-order valence-electron chi connectivity index (χ2n) is 10.5. The van der Waals surface area contributed by atoms with Gasteiger partial charge in [-0.1, -0.05) is 26.5 Å². The molecular formula is C28H53B6NO12S6. The Labute approximate surface area is 365 Å². The number of benzene rings is 1. The molecule has 4 rings (SSSR count). The zero-order valence-electron chi connectivity index (χ0n) is 41.6. The van der Waals surface area contributed by atoms with Gasteiger partial charge in [-0.3, -0.25) is 4.79 Å². The maximum absolute atomic E-state index is 13.6. The third-order valence-electron chi connectivity index (χ3n) is 6.93. The second kappa shape index (κ2) is 29.4. The van der Waals surface area contributed by atoms with E-state index in [0.717, 1.165) is 36.1 Å². The Kier molecular flexibility index (Phi) is 18.9. The minimum Gasteiger partial charge on any atom is -0.458 e. The standard InChI is InChI=1S/C25H38B3NO12S3.3CH5BS/c1-11(24(34)29-16-17(31)18(32)22-23(36-10-35-22)21(16)41-44-9-28)4-12-2-3-13(14(5-12)39-42-7-26)37-25-19(33)20(40-43-8-27)15(6-30)38-25;3*1-2-3/h2-5,15-23,25,30-33H,6-10,26-28H2,1H3,(H,29,34);3*2-3H,1H3/b11-4+;;;/t15-,16-,17+,18-,19+,20-,21-,22-,23+,25-;;;/m1.../s1/i26TD,27TD,28TD,31T,32T,33T;3*2D. The Morgan fingerprint density at radius 3 is 2.23 bits per heavy atom. The van der Waals surface area contributed by atoms with Crippen molar-refractivity contribution in [2.75, 3.05) is 30.4 Å². The van der Waals surface area contributed by atoms with E-state index < -0.39 is 97.0 Å². The smallest absolute Gasteiger partial charge is 0.247 e. The first-order valence-corrected chi connectivity index (χ1v) is 20.3. The number of amides is 1. The summed E-state index contributed by atoms with van der Waals surface area (Å²) in [5.74, 6) is -0.432. The van der Waals surface area contributed by atoms with Crippen LogP contribution in [0.1, 0.15) is 12.5 Å². The fourth-order valence-corrected chi connectivity index (χ4v) is 6.14. The number of fused-ring (bicyclic) bond motifs is 1. The van der Waals surface area contributed by atoms with Gasteiger partial charge in [-0.2, -0.15) is 0 Å². The average Bonchev–Trinajstić information content (AvgIpc) is 3.82. The van der Waals surface area contributed by atoms with E-state index in [9.17, 15) is 9.90 Å². The van der Waals surface area contributed by atoms with Crippen molar-refractivity contribution < 1.29 is 56.7 Å². The molecule has 25 heteroatoms. The third kappa shape index (κ3) is 16.5. The molecule has 3 aliphatic rings. The number of carbonyl (C=O) groups is 1. The van der Waals surface area contributed by atoms with Crippen molar-refractivity contribution in [2.45, 2.75) is 88.6 Å². The van der Waals surface area contributed by atoms with E-state index in [-0.39, 0.29) is 60.4 Å². The number of thiol groups is 3. The van der Waals surface area contributed by atoms with Crippen LogP contribution in [0.15, 0.2) is 23.8 Å². The Morgan fingerprint density at radius 1 is 1.02 bits per heavy atom. The van der Waals surface area contributed by atoms with Crippen LogP contribution in [-0.4, -0.2) is 177 Å². The lowest BCUT2D eigenvalue weighted by Crippen LogP contribution is -2.67. The molecule has 296 valence electrons. The van der Waals surface area contributed by atoms with Gasteiger partial charge in [0.1, 0.15) is 78.9 Å². The van der Waals surface area contributed by atoms with Crippen LogP contribution in [0.25, 0.3) is 6.08 Å². The van der Waals surface area contributed by atoms with Crippen LogP contribution in [0.3, 0.4) is 0 Å². The summed E-state index contributed by atoms with van der Waals surface area (Å²) in [5.41, 5.74) is 0.556. The van der Waals surface area contributed by atoms with E-state index in [1.165, 1.54) is 25.1 Å². The summed E-state index contributed by atoms with van der Waals surface area (Å²) in [4.78, 5) is 13.6. The lowest BCUT2D eigenvalue weighted by Gasteiger charge is -2.43. The van der Waals surface area contributed by atoms with Crippen molar-refractivity contribution >= 4 is 128 Å². The first-order valence-electron chi connectivity index (χ1n) is 22.4. The van der Waals surface area contributed by atoms with E-state index in [2.05, 4.69) is 42.8 Å². The quantitative estimate of drug-likeness (QED) is 0.0305. The minimum absolute atomic E-state index is 0.00351. The molecule has 2 heterocycles. The summed E-state index contributed by atoms with van der Waals surface area (Å²) in [5, 5.41) is 27.3. The maximum Gasteiger partial charge on any atom is 0.247 e. The summed E-state index contributed by atoms with van der Waals surface area (Å²) >= 11 is 13.3. The van der Waals surface area contributed by atoms with Gasteiger partial charge in [-0.05, 0) is 78.1 Å². The molecule has 13 nitrogen and oxygen atoms in total. The van der Waals surface area contributed by atoms with E-state index in [4.69, 9.17) is 63.1 Å². The van der Waals surface area contributed by atoms with Gasteiger partial charge in [0.2, 0.25) is 16.5 Å². The van der Waals surface area contributed by atoms with Crippen LogP contribution in [0.4, 0.5) is 0 Å². The Balaban J connectivity index is 0.00000156. The van der Waals surface area contributed by atoms with Crippen LogP contribution >= 0.6 is 73.6 Å². The van der Waals surface area contributed by atoms with Gasteiger partial charge in [0, 0.05) is 23.3 Å². The summed E-state index contributed by atoms with van der Waals surface area (Å²) in [6.07, 6.45) is -7.90. The van der Waals surface area contributed by atoms with Gasteiger partial charge in [-0.15, -0.1) is 0 Å². The highest BCUT2D eigenvalue weighted by Crippen LogP contribution is 2.37. The molecule has 1 saturated carbocycles. The molecule has 2 aliphatic heterocycles. The number of carbonyl (C=O) groups excluding carboxylic acids is 1. The van der Waals surface area contributed by atoms with E-state index >= 15 is 0 Å². The molecule has 3 fully saturated rings. The molecule has 53 heavy (non-hydrogen) atoms. The van der Waals surface area contributed by atoms with Crippen molar-refractivity contribution in [1.82, 2.24) is 5.32 Å². The number of ether oxygens (including phenoxy) is 4. The molecule has 0 spiro atoms. The molecule has 10 atom stereocenters. The molecule has 1 aromatic rings. The normalized spacial score (nSPS) is 31.6. The number of hydrogen-bond acceptors (Lipinski definition) is 18. The zero-order chi connectivity index (χ0) is 49.4. The molecule has 1 aliphatic carbocycles. The topological polar surface area (TPSA) is 175 Å². The molecule has 0 unspecified atom stereocenters. The largest absolute Gasteiger partial charge is 0.458 e. The van der Waals surface area contributed by atoms with E-state index in [0.29, 0.717) is 5.56 Å². The van der Waals surface area contributed by atoms with Crippen molar-refractivity contribution in [3.8, 4) is 11.5 Å². The highest BCUT2D eigenvalue weighted by atomic mass is 32.2. The van der Waals surface area contributed by atoms with Gasteiger partial charge < -0.3 is 57.2 Å². The maximum atomic E-state index is 13.6. The number of rotatable bonds is 21. The van der Waals surface area contributed by atoms with Crippen molar-refractivity contribution in [3.63, 3.8) is 0 Å². The second-order valence-corrected chi connectivity index (χ2v) is 14.3. The lowest BCUT2D eigenvalue weighted by molar-refractivity contribution is -0.147. The molecule has 1 aromatic carbocycles. The summed E-state index contributed by atoms with van der Waals surface area (Å²) in [7, 11) is -3.57. The molecule has 0 bridgehead atoms. The molecular weight excluding hydrogens is 800 g/mol. The minimum atomic E-state index is -1.27. The predicted octanol–water partition coefficient (Wildman–Crippen LogP) is -1.68. The van der Waals surface area contributed by atoms with Gasteiger partial charge in [-0.25, -0.2) is 37.4 Å². The van der Waals surface area contributed by atoms with E-state index in [1.807, 2.05) is 0 Å². The van der Waals surface area contributed by atoms with Crippen LogP contribution in [0.5, 0.6) is 11.5 Å². The summed E-state index contributed by atoms with van der Waals surface area (Å²) in [6.45, 7) is 5.28.